The number of halogens is 1. The Kier molecular flexibility index (Phi) is 6.30. The maximum Gasteiger partial charge on any atom is 0.150 e. The minimum Gasteiger partial charge on any atom is -0.313 e. The lowest BCUT2D eigenvalue weighted by molar-refractivity contribution is 0.533. The van der Waals surface area contributed by atoms with Crippen LogP contribution < -0.4 is 5.32 Å². The van der Waals surface area contributed by atoms with Crippen LogP contribution >= 0.6 is 11.6 Å². The molecule has 0 aliphatic rings. The van der Waals surface area contributed by atoms with Crippen LogP contribution in [0.3, 0.4) is 0 Å². The lowest BCUT2D eigenvalue weighted by Gasteiger charge is -2.19. The van der Waals surface area contributed by atoms with Gasteiger partial charge in [-0.25, -0.2) is 8.42 Å². The molecule has 0 saturated heterocycles. The summed E-state index contributed by atoms with van der Waals surface area (Å²) in [6, 6.07) is 5.98. The van der Waals surface area contributed by atoms with E-state index >= 15 is 0 Å². The molecule has 0 heterocycles. The van der Waals surface area contributed by atoms with E-state index < -0.39 is 9.84 Å². The van der Waals surface area contributed by atoms with E-state index in [9.17, 15) is 8.42 Å². The third kappa shape index (κ3) is 5.13. The standard InChI is InChI=1S/C14H22ClNO2S/c1-4-19(17,18)9-5-6-14(16-3)13-8-7-12(15)10-11(13)2/h7-8,10,14,16H,4-6,9H2,1-3H3. The summed E-state index contributed by atoms with van der Waals surface area (Å²) in [6.07, 6.45) is 1.47. The summed E-state index contributed by atoms with van der Waals surface area (Å²) >= 11 is 5.95. The van der Waals surface area contributed by atoms with Gasteiger partial charge in [-0.05, 0) is 50.1 Å². The molecule has 108 valence electrons. The summed E-state index contributed by atoms with van der Waals surface area (Å²) in [5.74, 6) is 0.478. The van der Waals surface area contributed by atoms with Crippen LogP contribution in [-0.4, -0.2) is 27.0 Å². The molecule has 0 aliphatic carbocycles. The first-order valence-corrected chi connectivity index (χ1v) is 8.73. The van der Waals surface area contributed by atoms with Crippen LogP contribution in [0.4, 0.5) is 0 Å². The SMILES string of the molecule is CCS(=O)(=O)CCCC(NC)c1ccc(Cl)cc1C. The van der Waals surface area contributed by atoms with Crippen molar-refractivity contribution in [3.8, 4) is 0 Å². The van der Waals surface area contributed by atoms with E-state index in [-0.39, 0.29) is 17.5 Å². The van der Waals surface area contributed by atoms with Crippen molar-refractivity contribution < 1.29 is 8.42 Å². The molecule has 1 unspecified atom stereocenters. The number of aryl methyl sites for hydroxylation is 1. The molecule has 3 nitrogen and oxygen atoms in total. The van der Waals surface area contributed by atoms with Crippen molar-refractivity contribution in [2.24, 2.45) is 0 Å². The first-order chi connectivity index (χ1) is 8.89. The lowest BCUT2D eigenvalue weighted by atomic mass is 9.98. The molecule has 0 radical (unpaired) electrons. The Labute approximate surface area is 121 Å². The van der Waals surface area contributed by atoms with Crippen LogP contribution in [0.15, 0.2) is 18.2 Å². The molecule has 0 aliphatic heterocycles. The van der Waals surface area contributed by atoms with Crippen molar-refractivity contribution in [2.45, 2.75) is 32.7 Å². The summed E-state index contributed by atoms with van der Waals surface area (Å²) < 4.78 is 23.0. The normalized spacial score (nSPS) is 13.5. The number of rotatable bonds is 7. The summed E-state index contributed by atoms with van der Waals surface area (Å²) in [5.41, 5.74) is 2.31. The number of benzene rings is 1. The smallest absolute Gasteiger partial charge is 0.150 e. The van der Waals surface area contributed by atoms with E-state index in [2.05, 4.69) is 5.32 Å². The Morgan fingerprint density at radius 1 is 1.37 bits per heavy atom. The van der Waals surface area contributed by atoms with Gasteiger partial charge in [0.15, 0.2) is 0 Å². The Balaban J connectivity index is 2.68. The number of nitrogens with one attached hydrogen (secondary N) is 1. The van der Waals surface area contributed by atoms with Crippen LogP contribution in [0.1, 0.15) is 36.9 Å². The highest BCUT2D eigenvalue weighted by molar-refractivity contribution is 7.91. The van der Waals surface area contributed by atoms with Gasteiger partial charge >= 0.3 is 0 Å². The zero-order valence-corrected chi connectivity index (χ0v) is 13.3. The second kappa shape index (κ2) is 7.27. The summed E-state index contributed by atoms with van der Waals surface area (Å²) in [6.45, 7) is 3.71. The summed E-state index contributed by atoms with van der Waals surface area (Å²) in [5, 5.41) is 3.97. The third-order valence-corrected chi connectivity index (χ3v) is 5.37. The molecule has 1 aromatic carbocycles. The molecule has 1 aromatic rings. The largest absolute Gasteiger partial charge is 0.313 e. The highest BCUT2D eigenvalue weighted by atomic mass is 35.5. The summed E-state index contributed by atoms with van der Waals surface area (Å²) in [4.78, 5) is 0. The molecule has 1 atom stereocenters. The van der Waals surface area contributed by atoms with Gasteiger partial charge in [0.2, 0.25) is 0 Å². The molecular formula is C14H22ClNO2S. The second-order valence-corrected chi connectivity index (χ2v) is 7.63. The number of hydrogen-bond donors (Lipinski definition) is 1. The van der Waals surface area contributed by atoms with Crippen molar-refractivity contribution in [1.82, 2.24) is 5.32 Å². The van der Waals surface area contributed by atoms with Crippen molar-refractivity contribution in [3.05, 3.63) is 34.3 Å². The van der Waals surface area contributed by atoms with E-state index in [4.69, 9.17) is 11.6 Å². The van der Waals surface area contributed by atoms with Crippen LogP contribution in [0, 0.1) is 6.92 Å². The van der Waals surface area contributed by atoms with E-state index in [0.29, 0.717) is 6.42 Å². The quantitative estimate of drug-likeness (QED) is 0.842. The number of sulfone groups is 1. The maximum absolute atomic E-state index is 11.5. The highest BCUT2D eigenvalue weighted by Gasteiger charge is 2.14. The van der Waals surface area contributed by atoms with Crippen molar-refractivity contribution in [3.63, 3.8) is 0 Å². The third-order valence-electron chi connectivity index (χ3n) is 3.34. The second-order valence-electron chi connectivity index (χ2n) is 4.72. The molecule has 1 rings (SSSR count). The van der Waals surface area contributed by atoms with Gasteiger partial charge in [-0.1, -0.05) is 24.6 Å². The zero-order valence-electron chi connectivity index (χ0n) is 11.7. The minimum absolute atomic E-state index is 0.171. The lowest BCUT2D eigenvalue weighted by Crippen LogP contribution is -2.19. The Morgan fingerprint density at radius 3 is 2.58 bits per heavy atom. The van der Waals surface area contributed by atoms with Crippen molar-refractivity contribution >= 4 is 21.4 Å². The van der Waals surface area contributed by atoms with Gasteiger partial charge in [0.05, 0.1) is 5.75 Å². The molecule has 0 amide bonds. The molecule has 0 aromatic heterocycles. The molecule has 19 heavy (non-hydrogen) atoms. The fourth-order valence-corrected chi connectivity index (χ4v) is 3.26. The van der Waals surface area contributed by atoms with Gasteiger partial charge in [0, 0.05) is 16.8 Å². The average molecular weight is 304 g/mol. The van der Waals surface area contributed by atoms with E-state index in [1.54, 1.807) is 6.92 Å². The predicted octanol–water partition coefficient (Wildman–Crippen LogP) is 3.12. The molecular weight excluding hydrogens is 282 g/mol. The van der Waals surface area contributed by atoms with Gasteiger partial charge in [-0.3, -0.25) is 0 Å². The first-order valence-electron chi connectivity index (χ1n) is 6.53. The van der Waals surface area contributed by atoms with Gasteiger partial charge in [0.25, 0.3) is 0 Å². The van der Waals surface area contributed by atoms with E-state index in [1.165, 1.54) is 5.56 Å². The molecule has 0 saturated carbocycles. The monoisotopic (exact) mass is 303 g/mol. The predicted molar refractivity (Wildman–Crippen MR) is 81.6 cm³/mol. The zero-order chi connectivity index (χ0) is 14.5. The Bertz CT molecular complexity index is 514. The molecule has 0 spiro atoms. The number of hydrogen-bond acceptors (Lipinski definition) is 3. The Hall–Kier alpha value is -0.580. The van der Waals surface area contributed by atoms with Crippen molar-refractivity contribution in [2.75, 3.05) is 18.6 Å². The van der Waals surface area contributed by atoms with Crippen LogP contribution in [0.25, 0.3) is 0 Å². The van der Waals surface area contributed by atoms with Gasteiger partial charge < -0.3 is 5.32 Å². The van der Waals surface area contributed by atoms with Crippen LogP contribution in [0.5, 0.6) is 0 Å². The average Bonchev–Trinajstić information content (AvgIpc) is 2.36. The van der Waals surface area contributed by atoms with Crippen molar-refractivity contribution in [1.29, 1.82) is 0 Å². The van der Waals surface area contributed by atoms with Gasteiger partial charge in [0.1, 0.15) is 9.84 Å². The van der Waals surface area contributed by atoms with E-state index in [0.717, 1.165) is 17.0 Å². The molecule has 0 fully saturated rings. The van der Waals surface area contributed by atoms with Gasteiger partial charge in [-0.2, -0.15) is 0 Å². The minimum atomic E-state index is -2.87. The fourth-order valence-electron chi connectivity index (χ4n) is 2.14. The molecule has 0 bridgehead atoms. The highest BCUT2D eigenvalue weighted by Crippen LogP contribution is 2.24. The van der Waals surface area contributed by atoms with Crippen LogP contribution in [-0.2, 0) is 9.84 Å². The Morgan fingerprint density at radius 2 is 2.05 bits per heavy atom. The van der Waals surface area contributed by atoms with Crippen LogP contribution in [0.2, 0.25) is 5.02 Å². The summed E-state index contributed by atoms with van der Waals surface area (Å²) in [7, 11) is -0.975. The van der Waals surface area contributed by atoms with Gasteiger partial charge in [-0.15, -0.1) is 0 Å². The molecule has 5 heteroatoms. The molecule has 1 N–H and O–H groups in total. The first kappa shape index (κ1) is 16.5. The topological polar surface area (TPSA) is 46.2 Å². The maximum atomic E-state index is 11.5. The fraction of sp³-hybridized carbons (Fsp3) is 0.571. The van der Waals surface area contributed by atoms with E-state index in [1.807, 2.05) is 32.2 Å².